The number of aryl methyl sites for hydroxylation is 2. The van der Waals surface area contributed by atoms with Crippen LogP contribution in [-0.2, 0) is 0 Å². The average Bonchev–Trinajstić information content (AvgIpc) is 3.62. The van der Waals surface area contributed by atoms with Gasteiger partial charge in [-0.15, -0.1) is 0 Å². The Labute approximate surface area is 290 Å². The number of anilines is 1. The van der Waals surface area contributed by atoms with Crippen LogP contribution >= 0.6 is 0 Å². The maximum Gasteiger partial charge on any atom is 0.268 e. The second kappa shape index (κ2) is 11.6. The Kier molecular flexibility index (Phi) is 6.85. The maximum atomic E-state index is 14.6. The van der Waals surface area contributed by atoms with Crippen molar-refractivity contribution in [2.75, 3.05) is 4.90 Å². The molecule has 0 saturated carbocycles. The highest BCUT2D eigenvalue weighted by Gasteiger charge is 2.40. The molecule has 8 aromatic rings. The van der Waals surface area contributed by atoms with Crippen molar-refractivity contribution in [1.82, 2.24) is 4.57 Å². The van der Waals surface area contributed by atoms with E-state index >= 15 is 0 Å². The minimum atomic E-state index is -0.327. The number of carbonyl (C=O) groups excluding carboxylic acids is 2. The fourth-order valence-electron chi connectivity index (χ4n) is 7.34. The first-order valence-corrected chi connectivity index (χ1v) is 16.9. The van der Waals surface area contributed by atoms with Crippen LogP contribution in [0.15, 0.2) is 158 Å². The lowest BCUT2D eigenvalue weighted by molar-refractivity contribution is 0.0926. The van der Waals surface area contributed by atoms with Gasteiger partial charge in [-0.2, -0.15) is 0 Å². The molecule has 4 heteroatoms. The Morgan fingerprint density at radius 1 is 0.400 bits per heavy atom. The van der Waals surface area contributed by atoms with Crippen LogP contribution in [0.4, 0.5) is 5.69 Å². The topological polar surface area (TPSA) is 42.3 Å². The second-order valence-corrected chi connectivity index (χ2v) is 13.1. The lowest BCUT2D eigenvalue weighted by Gasteiger charge is -2.18. The Morgan fingerprint density at radius 3 is 1.50 bits per heavy atom. The minimum absolute atomic E-state index is 0.320. The van der Waals surface area contributed by atoms with E-state index in [0.29, 0.717) is 22.5 Å². The van der Waals surface area contributed by atoms with E-state index in [-0.39, 0.29) is 11.8 Å². The normalized spacial score (nSPS) is 12.6. The molecule has 238 valence electrons. The lowest BCUT2D eigenvalue weighted by atomic mass is 9.99. The molecule has 50 heavy (non-hydrogen) atoms. The Hall–Kier alpha value is -6.52. The van der Waals surface area contributed by atoms with Gasteiger partial charge in [-0.25, -0.2) is 4.90 Å². The number of carbonyl (C=O) groups is 2. The summed E-state index contributed by atoms with van der Waals surface area (Å²) in [6, 6.07) is 53.3. The number of para-hydroxylation sites is 1. The summed E-state index contributed by atoms with van der Waals surface area (Å²) in [6.07, 6.45) is 0. The van der Waals surface area contributed by atoms with Gasteiger partial charge >= 0.3 is 0 Å². The number of hydrogen-bond donors (Lipinski definition) is 0. The molecule has 0 aliphatic carbocycles. The molecule has 0 saturated heterocycles. The van der Waals surface area contributed by atoms with Crippen molar-refractivity contribution in [3.63, 3.8) is 0 Å². The third-order valence-electron chi connectivity index (χ3n) is 9.90. The van der Waals surface area contributed by atoms with Gasteiger partial charge in [-0.05, 0) is 84.1 Å². The summed E-state index contributed by atoms with van der Waals surface area (Å²) >= 11 is 0. The quantitative estimate of drug-likeness (QED) is 0.175. The van der Waals surface area contributed by atoms with Crippen LogP contribution in [-0.4, -0.2) is 16.4 Å². The van der Waals surface area contributed by atoms with E-state index in [1.54, 1.807) is 6.07 Å². The zero-order chi connectivity index (χ0) is 33.9. The van der Waals surface area contributed by atoms with Gasteiger partial charge in [0.05, 0.1) is 33.5 Å². The molecular formula is C46H32N2O2. The molecule has 1 aromatic heterocycles. The molecule has 0 bridgehead atoms. The lowest BCUT2D eigenvalue weighted by Crippen LogP contribution is -2.30. The summed E-state index contributed by atoms with van der Waals surface area (Å²) < 4.78 is 2.15. The van der Waals surface area contributed by atoms with Gasteiger partial charge in [-0.3, -0.25) is 9.59 Å². The van der Waals surface area contributed by atoms with Crippen molar-refractivity contribution in [3.8, 4) is 39.1 Å². The molecule has 9 rings (SSSR count). The molecule has 1 aliphatic heterocycles. The van der Waals surface area contributed by atoms with Crippen LogP contribution in [0, 0.1) is 13.8 Å². The third-order valence-corrected chi connectivity index (χ3v) is 9.90. The SMILES string of the molecule is Cc1ccc(-c2ccc3c(c2)c2cc(-c4ccc(C)cc4)ccc2n3-c2cccc3c2C(=O)N(c2ccccc2-c2ccccc2)C3=O)cc1. The highest BCUT2D eigenvalue weighted by Crippen LogP contribution is 2.42. The minimum Gasteiger partial charge on any atom is -0.308 e. The summed E-state index contributed by atoms with van der Waals surface area (Å²) in [7, 11) is 0. The zero-order valence-electron chi connectivity index (χ0n) is 27.7. The molecule has 0 unspecified atom stereocenters. The number of rotatable bonds is 5. The number of imide groups is 1. The van der Waals surface area contributed by atoms with Crippen molar-refractivity contribution in [1.29, 1.82) is 0 Å². The number of nitrogens with zero attached hydrogens (tertiary/aromatic N) is 2. The van der Waals surface area contributed by atoms with E-state index in [9.17, 15) is 9.59 Å². The van der Waals surface area contributed by atoms with Gasteiger partial charge in [0.15, 0.2) is 0 Å². The van der Waals surface area contributed by atoms with Gasteiger partial charge in [0, 0.05) is 16.3 Å². The van der Waals surface area contributed by atoms with Crippen LogP contribution in [0.3, 0.4) is 0 Å². The number of benzene rings is 7. The monoisotopic (exact) mass is 644 g/mol. The van der Waals surface area contributed by atoms with Gasteiger partial charge in [0.25, 0.3) is 11.8 Å². The second-order valence-electron chi connectivity index (χ2n) is 13.1. The van der Waals surface area contributed by atoms with Crippen LogP contribution in [0.5, 0.6) is 0 Å². The van der Waals surface area contributed by atoms with Crippen molar-refractivity contribution in [3.05, 3.63) is 180 Å². The maximum absolute atomic E-state index is 14.6. The van der Waals surface area contributed by atoms with Crippen molar-refractivity contribution in [2.24, 2.45) is 0 Å². The summed E-state index contributed by atoms with van der Waals surface area (Å²) in [5.41, 5.74) is 12.7. The van der Waals surface area contributed by atoms with Gasteiger partial charge < -0.3 is 4.57 Å². The van der Waals surface area contributed by atoms with Crippen LogP contribution < -0.4 is 4.90 Å². The average molecular weight is 645 g/mol. The largest absolute Gasteiger partial charge is 0.308 e. The first-order chi connectivity index (χ1) is 24.5. The molecule has 0 spiro atoms. The van der Waals surface area contributed by atoms with E-state index in [1.165, 1.54) is 16.0 Å². The summed E-state index contributed by atoms with van der Waals surface area (Å²) in [6.45, 7) is 4.19. The van der Waals surface area contributed by atoms with Gasteiger partial charge in [0.1, 0.15) is 0 Å². The van der Waals surface area contributed by atoms with E-state index in [1.807, 2.05) is 66.7 Å². The summed E-state index contributed by atoms with van der Waals surface area (Å²) in [4.78, 5) is 30.1. The van der Waals surface area contributed by atoms with Crippen LogP contribution in [0.2, 0.25) is 0 Å². The molecule has 7 aromatic carbocycles. The molecule has 0 atom stereocenters. The standard InChI is InChI=1S/C46H32N2O2/c1-29-15-19-31(20-16-29)34-23-25-41-38(27-34)39-28-35(32-21-17-30(2)18-22-32)24-26-42(39)47(41)43-14-8-12-37-44(43)46(50)48(45(37)49)40-13-7-6-11-36(40)33-9-4-3-5-10-33/h3-28H,1-2H3. The molecule has 2 heterocycles. The van der Waals surface area contributed by atoms with E-state index in [0.717, 1.165) is 55.2 Å². The molecule has 0 N–H and O–H groups in total. The fourth-order valence-corrected chi connectivity index (χ4v) is 7.34. The number of fused-ring (bicyclic) bond motifs is 4. The zero-order valence-corrected chi connectivity index (χ0v) is 27.7. The van der Waals surface area contributed by atoms with Crippen LogP contribution in [0.25, 0.3) is 60.9 Å². The first-order valence-electron chi connectivity index (χ1n) is 16.9. The van der Waals surface area contributed by atoms with Crippen LogP contribution in [0.1, 0.15) is 31.8 Å². The van der Waals surface area contributed by atoms with E-state index in [2.05, 4.69) is 103 Å². The number of aromatic nitrogens is 1. The Morgan fingerprint density at radius 2 is 0.900 bits per heavy atom. The third kappa shape index (κ3) is 4.68. The highest BCUT2D eigenvalue weighted by molar-refractivity contribution is 6.36. The fraction of sp³-hybridized carbons (Fsp3) is 0.0435. The van der Waals surface area contributed by atoms with Crippen molar-refractivity contribution >= 4 is 39.3 Å². The molecule has 0 fully saturated rings. The predicted octanol–water partition coefficient (Wildman–Crippen LogP) is 11.2. The molecule has 2 amide bonds. The smallest absolute Gasteiger partial charge is 0.268 e. The summed E-state index contributed by atoms with van der Waals surface area (Å²) in [5, 5.41) is 2.15. The van der Waals surface area contributed by atoms with Crippen molar-refractivity contribution in [2.45, 2.75) is 13.8 Å². The van der Waals surface area contributed by atoms with Gasteiger partial charge in [-0.1, -0.05) is 126 Å². The number of hydrogen-bond acceptors (Lipinski definition) is 2. The molecule has 1 aliphatic rings. The Balaban J connectivity index is 1.26. The van der Waals surface area contributed by atoms with Gasteiger partial charge in [0.2, 0.25) is 0 Å². The molecule has 4 nitrogen and oxygen atoms in total. The van der Waals surface area contributed by atoms with E-state index < -0.39 is 0 Å². The predicted molar refractivity (Wildman–Crippen MR) is 204 cm³/mol. The Bertz CT molecular complexity index is 2530. The molecule has 0 radical (unpaired) electrons. The summed E-state index contributed by atoms with van der Waals surface area (Å²) in [5.74, 6) is -0.647. The van der Waals surface area contributed by atoms with Crippen molar-refractivity contribution < 1.29 is 9.59 Å². The first kappa shape index (κ1) is 29.6. The van der Waals surface area contributed by atoms with E-state index in [4.69, 9.17) is 0 Å². The molecular weight excluding hydrogens is 613 g/mol. The number of amides is 2. The highest BCUT2D eigenvalue weighted by atomic mass is 16.2.